The molecule has 0 fully saturated rings. The predicted molar refractivity (Wildman–Crippen MR) is 105 cm³/mol. The van der Waals surface area contributed by atoms with Gasteiger partial charge < -0.3 is 5.32 Å². The van der Waals surface area contributed by atoms with Crippen LogP contribution in [0, 0.1) is 6.92 Å². The van der Waals surface area contributed by atoms with Crippen molar-refractivity contribution in [2.75, 3.05) is 11.9 Å². The maximum atomic E-state index is 6.19. The molecule has 5 nitrogen and oxygen atoms in total. The standard InChI is InChI=1S/C20H18ClN5/c1-14-11-18-17(12-16(14)21)24-13-26(18)19-8-10-23-20(25-19)22-9-7-15-5-3-2-4-6-15/h2-6,8,10-13H,7,9H2,1H3,(H,22,23,25). The van der Waals surface area contributed by atoms with Gasteiger partial charge in [-0.1, -0.05) is 41.9 Å². The van der Waals surface area contributed by atoms with Crippen molar-refractivity contribution in [2.24, 2.45) is 0 Å². The highest BCUT2D eigenvalue weighted by atomic mass is 35.5. The monoisotopic (exact) mass is 363 g/mol. The summed E-state index contributed by atoms with van der Waals surface area (Å²) in [4.78, 5) is 13.4. The van der Waals surface area contributed by atoms with Crippen molar-refractivity contribution in [3.8, 4) is 5.82 Å². The maximum absolute atomic E-state index is 6.19. The van der Waals surface area contributed by atoms with Gasteiger partial charge in [0.05, 0.1) is 11.0 Å². The van der Waals surface area contributed by atoms with Crippen LogP contribution in [-0.4, -0.2) is 26.1 Å². The second-order valence-corrected chi connectivity index (χ2v) is 6.51. The Bertz CT molecular complexity index is 1040. The molecule has 0 atom stereocenters. The fraction of sp³-hybridized carbons (Fsp3) is 0.150. The number of hydrogen-bond donors (Lipinski definition) is 1. The van der Waals surface area contributed by atoms with Gasteiger partial charge >= 0.3 is 0 Å². The van der Waals surface area contributed by atoms with Gasteiger partial charge in [0, 0.05) is 17.8 Å². The number of benzene rings is 2. The third-order valence-corrected chi connectivity index (χ3v) is 4.66. The van der Waals surface area contributed by atoms with Crippen molar-refractivity contribution in [1.29, 1.82) is 0 Å². The van der Waals surface area contributed by atoms with Crippen LogP contribution in [-0.2, 0) is 6.42 Å². The number of fused-ring (bicyclic) bond motifs is 1. The molecule has 2 aromatic carbocycles. The Morgan fingerprint density at radius 2 is 1.92 bits per heavy atom. The number of hydrogen-bond acceptors (Lipinski definition) is 4. The fourth-order valence-electron chi connectivity index (χ4n) is 2.85. The lowest BCUT2D eigenvalue weighted by molar-refractivity contribution is 0.953. The summed E-state index contributed by atoms with van der Waals surface area (Å²) < 4.78 is 1.95. The predicted octanol–water partition coefficient (Wildman–Crippen LogP) is 4.43. The highest BCUT2D eigenvalue weighted by Gasteiger charge is 2.09. The average molecular weight is 364 g/mol. The van der Waals surface area contributed by atoms with Gasteiger partial charge in [-0.15, -0.1) is 0 Å². The summed E-state index contributed by atoms with van der Waals surface area (Å²) in [5.74, 6) is 1.37. The summed E-state index contributed by atoms with van der Waals surface area (Å²) in [7, 11) is 0. The van der Waals surface area contributed by atoms with E-state index in [1.807, 2.05) is 47.9 Å². The van der Waals surface area contributed by atoms with E-state index in [9.17, 15) is 0 Å². The summed E-state index contributed by atoms with van der Waals surface area (Å²) >= 11 is 6.19. The number of aromatic nitrogens is 4. The molecule has 0 spiro atoms. The SMILES string of the molecule is Cc1cc2c(cc1Cl)ncn2-c1ccnc(NCCc2ccccc2)n1. The Hall–Kier alpha value is -2.92. The number of nitrogens with one attached hydrogen (secondary N) is 1. The van der Waals surface area contributed by atoms with Gasteiger partial charge in [-0.25, -0.2) is 9.97 Å². The number of nitrogens with zero attached hydrogens (tertiary/aromatic N) is 4. The Kier molecular flexibility index (Phi) is 4.54. The van der Waals surface area contributed by atoms with Crippen LogP contribution in [0.2, 0.25) is 5.02 Å². The van der Waals surface area contributed by atoms with Crippen molar-refractivity contribution in [3.63, 3.8) is 0 Å². The smallest absolute Gasteiger partial charge is 0.224 e. The lowest BCUT2D eigenvalue weighted by Gasteiger charge is -2.08. The van der Waals surface area contributed by atoms with E-state index in [4.69, 9.17) is 11.6 Å². The largest absolute Gasteiger partial charge is 0.354 e. The Balaban J connectivity index is 1.55. The lowest BCUT2D eigenvalue weighted by Crippen LogP contribution is -2.09. The third kappa shape index (κ3) is 3.39. The molecular formula is C20H18ClN5. The maximum Gasteiger partial charge on any atom is 0.224 e. The third-order valence-electron chi connectivity index (χ3n) is 4.25. The zero-order valence-corrected chi connectivity index (χ0v) is 15.1. The molecule has 0 unspecified atom stereocenters. The molecule has 0 amide bonds. The molecule has 2 aromatic heterocycles. The molecule has 130 valence electrons. The van der Waals surface area contributed by atoms with E-state index in [1.54, 1.807) is 12.5 Å². The molecule has 0 aliphatic heterocycles. The molecule has 26 heavy (non-hydrogen) atoms. The highest BCUT2D eigenvalue weighted by Crippen LogP contribution is 2.24. The summed E-state index contributed by atoms with van der Waals surface area (Å²) in [6.45, 7) is 2.75. The zero-order chi connectivity index (χ0) is 17.9. The van der Waals surface area contributed by atoms with Crippen LogP contribution >= 0.6 is 11.6 Å². The zero-order valence-electron chi connectivity index (χ0n) is 14.4. The first kappa shape index (κ1) is 16.5. The summed E-state index contributed by atoms with van der Waals surface area (Å²) in [6, 6.07) is 16.1. The van der Waals surface area contributed by atoms with Gasteiger partial charge in [0.15, 0.2) is 0 Å². The van der Waals surface area contributed by atoms with Crippen LogP contribution in [0.25, 0.3) is 16.9 Å². The molecule has 2 heterocycles. The van der Waals surface area contributed by atoms with Crippen LogP contribution in [0.5, 0.6) is 0 Å². The average Bonchev–Trinajstić information content (AvgIpc) is 3.06. The number of imidazole rings is 1. The summed E-state index contributed by atoms with van der Waals surface area (Å²) in [5, 5.41) is 4.00. The van der Waals surface area contributed by atoms with Crippen molar-refractivity contribution >= 4 is 28.6 Å². The van der Waals surface area contributed by atoms with Gasteiger partial charge in [-0.3, -0.25) is 4.57 Å². The van der Waals surface area contributed by atoms with Gasteiger partial charge in [0.1, 0.15) is 12.1 Å². The second-order valence-electron chi connectivity index (χ2n) is 6.11. The Morgan fingerprint density at radius 1 is 1.08 bits per heavy atom. The topological polar surface area (TPSA) is 55.6 Å². The van der Waals surface area contributed by atoms with Crippen molar-refractivity contribution in [2.45, 2.75) is 13.3 Å². The second kappa shape index (κ2) is 7.14. The van der Waals surface area contributed by atoms with Gasteiger partial charge in [0.2, 0.25) is 5.95 Å². The van der Waals surface area contributed by atoms with E-state index in [1.165, 1.54) is 5.56 Å². The number of halogens is 1. The van der Waals surface area contributed by atoms with Gasteiger partial charge in [0.25, 0.3) is 0 Å². The van der Waals surface area contributed by atoms with E-state index in [2.05, 4.69) is 32.4 Å². The molecule has 4 rings (SSSR count). The minimum Gasteiger partial charge on any atom is -0.354 e. The minimum absolute atomic E-state index is 0.603. The van der Waals surface area contributed by atoms with Gasteiger partial charge in [-0.05, 0) is 42.7 Å². The number of rotatable bonds is 5. The molecular weight excluding hydrogens is 346 g/mol. The van der Waals surface area contributed by atoms with Crippen LogP contribution in [0.15, 0.2) is 61.1 Å². The molecule has 4 aromatic rings. The van der Waals surface area contributed by atoms with E-state index in [-0.39, 0.29) is 0 Å². The molecule has 1 N–H and O–H groups in total. The number of anilines is 1. The first-order valence-corrected chi connectivity index (χ1v) is 8.83. The molecule has 0 bridgehead atoms. The van der Waals surface area contributed by atoms with E-state index in [0.29, 0.717) is 11.0 Å². The summed E-state index contributed by atoms with van der Waals surface area (Å²) in [5.41, 5.74) is 4.11. The molecule has 0 aliphatic carbocycles. The fourth-order valence-corrected chi connectivity index (χ4v) is 3.01. The lowest BCUT2D eigenvalue weighted by atomic mass is 10.1. The number of aryl methyl sites for hydroxylation is 1. The van der Waals surface area contributed by atoms with Crippen LogP contribution in [0.4, 0.5) is 5.95 Å². The molecule has 0 aliphatic rings. The van der Waals surface area contributed by atoms with E-state index >= 15 is 0 Å². The van der Waals surface area contributed by atoms with Gasteiger partial charge in [-0.2, -0.15) is 4.98 Å². The summed E-state index contributed by atoms with van der Waals surface area (Å²) in [6.07, 6.45) is 4.43. The van der Waals surface area contributed by atoms with Crippen LogP contribution in [0.3, 0.4) is 0 Å². The first-order valence-electron chi connectivity index (χ1n) is 8.45. The van der Waals surface area contributed by atoms with Crippen molar-refractivity contribution < 1.29 is 0 Å². The molecule has 0 radical (unpaired) electrons. The molecule has 0 saturated heterocycles. The normalized spacial score (nSPS) is 11.0. The quantitative estimate of drug-likeness (QED) is 0.569. The van der Waals surface area contributed by atoms with Crippen molar-refractivity contribution in [3.05, 3.63) is 77.2 Å². The highest BCUT2D eigenvalue weighted by molar-refractivity contribution is 6.32. The van der Waals surface area contributed by atoms with E-state index in [0.717, 1.165) is 35.4 Å². The minimum atomic E-state index is 0.603. The first-order chi connectivity index (χ1) is 12.7. The van der Waals surface area contributed by atoms with Crippen molar-refractivity contribution in [1.82, 2.24) is 19.5 Å². The Morgan fingerprint density at radius 3 is 2.77 bits per heavy atom. The Labute approximate surface area is 156 Å². The van der Waals surface area contributed by atoms with Crippen LogP contribution < -0.4 is 5.32 Å². The molecule has 6 heteroatoms. The molecule has 0 saturated carbocycles. The van der Waals surface area contributed by atoms with E-state index < -0.39 is 0 Å². The van der Waals surface area contributed by atoms with Crippen LogP contribution in [0.1, 0.15) is 11.1 Å².